The molecule has 4 heterocycles. The van der Waals surface area contributed by atoms with Gasteiger partial charge in [-0.3, -0.25) is 9.20 Å². The van der Waals surface area contributed by atoms with E-state index in [1.807, 2.05) is 58.7 Å². The molecule has 138 valence electrons. The molecule has 1 atom stereocenters. The molecule has 4 aromatic rings. The van der Waals surface area contributed by atoms with Crippen LogP contribution in [0.5, 0.6) is 0 Å². The average molecular weight is 379 g/mol. The average Bonchev–Trinajstić information content (AvgIpc) is 3.45. The molecule has 7 heteroatoms. The maximum Gasteiger partial charge on any atom is 0.222 e. The van der Waals surface area contributed by atoms with Crippen molar-refractivity contribution in [2.75, 3.05) is 6.54 Å². The van der Waals surface area contributed by atoms with Crippen LogP contribution in [-0.2, 0) is 11.2 Å². The van der Waals surface area contributed by atoms with E-state index in [1.165, 1.54) is 5.56 Å². The van der Waals surface area contributed by atoms with Crippen molar-refractivity contribution in [1.29, 1.82) is 0 Å². The second-order valence-electron chi connectivity index (χ2n) is 6.41. The Kier molecular flexibility index (Phi) is 5.29. The van der Waals surface area contributed by atoms with Gasteiger partial charge in [0.15, 0.2) is 5.65 Å². The normalized spacial score (nSPS) is 12.3. The second-order valence-corrected chi connectivity index (χ2v) is 7.19. The summed E-state index contributed by atoms with van der Waals surface area (Å²) >= 11 is 1.65. The molecule has 4 rings (SSSR count). The topological polar surface area (TPSA) is 64.2 Å². The van der Waals surface area contributed by atoms with Crippen LogP contribution in [0.4, 0.5) is 0 Å². The molecule has 0 aliphatic heterocycles. The first-order valence-electron chi connectivity index (χ1n) is 9.01. The molecule has 0 saturated heterocycles. The third-order valence-electron chi connectivity index (χ3n) is 4.58. The van der Waals surface area contributed by atoms with E-state index < -0.39 is 0 Å². The molecule has 0 radical (unpaired) electrons. The molecule has 6 nitrogen and oxygen atoms in total. The largest absolute Gasteiger partial charge is 0.356 e. The molecule has 27 heavy (non-hydrogen) atoms. The van der Waals surface area contributed by atoms with E-state index >= 15 is 0 Å². The summed E-state index contributed by atoms with van der Waals surface area (Å²) < 4.78 is 4.07. The number of amides is 1. The van der Waals surface area contributed by atoms with Crippen molar-refractivity contribution in [3.8, 4) is 0 Å². The molecule has 4 aromatic heterocycles. The number of hydrogen-bond acceptors (Lipinski definition) is 4. The molecule has 1 N–H and O–H groups in total. The number of carbonyl (C=O) groups excluding carboxylic acids is 1. The highest BCUT2D eigenvalue weighted by molar-refractivity contribution is 7.08. The predicted octanol–water partition coefficient (Wildman–Crippen LogP) is 3.32. The molecule has 0 aliphatic carbocycles. The zero-order chi connectivity index (χ0) is 18.5. The van der Waals surface area contributed by atoms with Crippen LogP contribution in [-0.4, -0.2) is 31.6 Å². The van der Waals surface area contributed by atoms with Gasteiger partial charge in [0.05, 0.1) is 12.5 Å². The fourth-order valence-electron chi connectivity index (χ4n) is 3.20. The number of fused-ring (bicyclic) bond motifs is 1. The molecule has 1 amide bonds. The Bertz CT molecular complexity index is 956. The molecular weight excluding hydrogens is 358 g/mol. The quantitative estimate of drug-likeness (QED) is 0.478. The fraction of sp³-hybridized carbons (Fsp3) is 0.250. The molecule has 0 aliphatic rings. The molecule has 0 bridgehead atoms. The number of rotatable bonds is 8. The van der Waals surface area contributed by atoms with Gasteiger partial charge in [-0.2, -0.15) is 11.3 Å². The zero-order valence-corrected chi connectivity index (χ0v) is 15.7. The lowest BCUT2D eigenvalue weighted by Gasteiger charge is -2.18. The highest BCUT2D eigenvalue weighted by Gasteiger charge is 2.17. The number of carbonyl (C=O) groups is 1. The Hall–Kier alpha value is -2.93. The second kappa shape index (κ2) is 8.18. The number of aromatic nitrogens is 4. The lowest BCUT2D eigenvalue weighted by atomic mass is 10.1. The van der Waals surface area contributed by atoms with E-state index in [4.69, 9.17) is 0 Å². The van der Waals surface area contributed by atoms with Crippen LogP contribution < -0.4 is 5.32 Å². The molecular formula is C20H21N5OS. The van der Waals surface area contributed by atoms with Gasteiger partial charge in [-0.05, 0) is 53.1 Å². The first kappa shape index (κ1) is 17.5. The van der Waals surface area contributed by atoms with Gasteiger partial charge in [0.2, 0.25) is 5.91 Å². The number of thiophene rings is 1. The first-order valence-corrected chi connectivity index (χ1v) is 9.95. The Balaban J connectivity index is 1.30. The minimum atomic E-state index is 0.0340. The number of nitrogens with one attached hydrogen (secondary N) is 1. The lowest BCUT2D eigenvalue weighted by Crippen LogP contribution is -2.28. The Morgan fingerprint density at radius 3 is 2.78 bits per heavy atom. The molecule has 0 fully saturated rings. The SMILES string of the molecule is O=C(C[C@@H](c1ccsc1)n1cccc1)NCCCc1nnc2ccccn12. The van der Waals surface area contributed by atoms with E-state index in [-0.39, 0.29) is 11.9 Å². The van der Waals surface area contributed by atoms with Crippen molar-refractivity contribution in [3.05, 3.63) is 77.1 Å². The van der Waals surface area contributed by atoms with Crippen LogP contribution in [0.3, 0.4) is 0 Å². The monoisotopic (exact) mass is 379 g/mol. The fourth-order valence-corrected chi connectivity index (χ4v) is 3.91. The summed E-state index contributed by atoms with van der Waals surface area (Å²) in [6.07, 6.45) is 8.01. The third-order valence-corrected chi connectivity index (χ3v) is 5.28. The summed E-state index contributed by atoms with van der Waals surface area (Å²) in [6, 6.07) is 11.9. The van der Waals surface area contributed by atoms with E-state index in [2.05, 4.69) is 31.5 Å². The van der Waals surface area contributed by atoms with Crippen molar-refractivity contribution < 1.29 is 4.79 Å². The maximum atomic E-state index is 12.5. The smallest absolute Gasteiger partial charge is 0.222 e. The van der Waals surface area contributed by atoms with Crippen molar-refractivity contribution in [2.24, 2.45) is 0 Å². The van der Waals surface area contributed by atoms with Crippen LogP contribution >= 0.6 is 11.3 Å². The van der Waals surface area contributed by atoms with Gasteiger partial charge in [0.1, 0.15) is 5.82 Å². The zero-order valence-electron chi connectivity index (χ0n) is 14.9. The van der Waals surface area contributed by atoms with Crippen molar-refractivity contribution in [2.45, 2.75) is 25.3 Å². The number of pyridine rings is 1. The van der Waals surface area contributed by atoms with Crippen molar-refractivity contribution in [3.63, 3.8) is 0 Å². The van der Waals surface area contributed by atoms with Gasteiger partial charge in [-0.1, -0.05) is 6.07 Å². The highest BCUT2D eigenvalue weighted by Crippen LogP contribution is 2.24. The van der Waals surface area contributed by atoms with Crippen LogP contribution in [0.1, 0.15) is 30.3 Å². The summed E-state index contributed by atoms with van der Waals surface area (Å²) in [5, 5.41) is 15.6. The Morgan fingerprint density at radius 1 is 1.11 bits per heavy atom. The highest BCUT2D eigenvalue weighted by atomic mass is 32.1. The maximum absolute atomic E-state index is 12.5. The standard InChI is InChI=1S/C20H21N5OS/c26-20(14-17(16-8-13-27-15-16)24-10-3-4-11-24)21-9-5-7-19-23-22-18-6-1-2-12-25(18)19/h1-4,6,8,10-13,15,17H,5,7,9,14H2,(H,21,26)/t17-/m0/s1. The van der Waals surface area contributed by atoms with E-state index in [0.717, 1.165) is 24.3 Å². The summed E-state index contributed by atoms with van der Waals surface area (Å²) in [5.41, 5.74) is 2.02. The molecule has 0 unspecified atom stereocenters. The van der Waals surface area contributed by atoms with Crippen LogP contribution in [0.25, 0.3) is 5.65 Å². The summed E-state index contributed by atoms with van der Waals surface area (Å²) in [4.78, 5) is 12.5. The molecule has 0 saturated carbocycles. The molecule has 0 aromatic carbocycles. The molecule has 0 spiro atoms. The predicted molar refractivity (Wildman–Crippen MR) is 106 cm³/mol. The van der Waals surface area contributed by atoms with Crippen LogP contribution in [0.15, 0.2) is 65.7 Å². The number of nitrogens with zero attached hydrogens (tertiary/aromatic N) is 4. The van der Waals surface area contributed by atoms with Gasteiger partial charge < -0.3 is 9.88 Å². The summed E-state index contributed by atoms with van der Waals surface area (Å²) in [6.45, 7) is 0.628. The first-order chi connectivity index (χ1) is 13.3. The van der Waals surface area contributed by atoms with Crippen LogP contribution in [0, 0.1) is 0 Å². The van der Waals surface area contributed by atoms with Crippen LogP contribution in [0.2, 0.25) is 0 Å². The Labute approximate surface area is 161 Å². The lowest BCUT2D eigenvalue weighted by molar-refractivity contribution is -0.121. The summed E-state index contributed by atoms with van der Waals surface area (Å²) in [7, 11) is 0. The van der Waals surface area contributed by atoms with Gasteiger partial charge in [0, 0.05) is 31.6 Å². The Morgan fingerprint density at radius 2 is 1.96 bits per heavy atom. The third kappa shape index (κ3) is 4.09. The summed E-state index contributed by atoms with van der Waals surface area (Å²) in [5.74, 6) is 0.981. The van der Waals surface area contributed by atoms with Gasteiger partial charge in [-0.15, -0.1) is 10.2 Å². The van der Waals surface area contributed by atoms with Crippen molar-refractivity contribution in [1.82, 2.24) is 24.5 Å². The number of aryl methyl sites for hydroxylation is 1. The minimum Gasteiger partial charge on any atom is -0.356 e. The van der Waals surface area contributed by atoms with Gasteiger partial charge >= 0.3 is 0 Å². The van der Waals surface area contributed by atoms with E-state index in [9.17, 15) is 4.79 Å². The van der Waals surface area contributed by atoms with E-state index in [0.29, 0.717) is 13.0 Å². The number of hydrogen-bond donors (Lipinski definition) is 1. The van der Waals surface area contributed by atoms with Crippen molar-refractivity contribution >= 4 is 22.9 Å². The van der Waals surface area contributed by atoms with E-state index in [1.54, 1.807) is 11.3 Å². The minimum absolute atomic E-state index is 0.0340. The van der Waals surface area contributed by atoms with Gasteiger partial charge in [-0.25, -0.2) is 0 Å². The van der Waals surface area contributed by atoms with Gasteiger partial charge in [0.25, 0.3) is 0 Å².